The van der Waals surface area contributed by atoms with E-state index in [2.05, 4.69) is 48.2 Å². The van der Waals surface area contributed by atoms with Crippen molar-refractivity contribution in [2.75, 3.05) is 5.32 Å². The van der Waals surface area contributed by atoms with Crippen LogP contribution in [0.15, 0.2) is 84.5 Å². The van der Waals surface area contributed by atoms with Crippen LogP contribution in [0.3, 0.4) is 0 Å². The standard InChI is InChI=1S/C27H27N3O2S/c1-27(2,3)24(19-7-9-21(10-8-19)25(31)30-26-29-16-17-33-26)20-11-13-23(14-12-20)32-18-22-6-4-5-15-28-22/h4-17,24H,18H2,1-3H3,(H,29,30,31). The lowest BCUT2D eigenvalue weighted by Gasteiger charge is -2.32. The molecule has 1 unspecified atom stereocenters. The molecule has 1 N–H and O–H groups in total. The van der Waals surface area contributed by atoms with Crippen LogP contribution in [0.4, 0.5) is 5.13 Å². The van der Waals surface area contributed by atoms with Gasteiger partial charge in [0.05, 0.1) is 5.69 Å². The predicted molar refractivity (Wildman–Crippen MR) is 133 cm³/mol. The van der Waals surface area contributed by atoms with Gasteiger partial charge in [-0.2, -0.15) is 0 Å². The number of hydrogen-bond donors (Lipinski definition) is 1. The number of carbonyl (C=O) groups excluding carboxylic acids is 1. The molecule has 2 aromatic carbocycles. The summed E-state index contributed by atoms with van der Waals surface area (Å²) in [5.41, 5.74) is 3.86. The molecule has 2 aromatic heterocycles. The van der Waals surface area contributed by atoms with Crippen LogP contribution in [0.25, 0.3) is 0 Å². The van der Waals surface area contributed by atoms with Crippen molar-refractivity contribution in [2.45, 2.75) is 33.3 Å². The third-order valence-electron chi connectivity index (χ3n) is 5.35. The second-order valence-electron chi connectivity index (χ2n) is 8.89. The van der Waals surface area contributed by atoms with Crippen LogP contribution in [0.5, 0.6) is 5.75 Å². The van der Waals surface area contributed by atoms with Gasteiger partial charge in [0.2, 0.25) is 0 Å². The fraction of sp³-hybridized carbons (Fsp3) is 0.222. The Morgan fingerprint density at radius 2 is 1.64 bits per heavy atom. The molecule has 1 atom stereocenters. The molecule has 4 aromatic rings. The zero-order valence-electron chi connectivity index (χ0n) is 19.0. The largest absolute Gasteiger partial charge is 0.487 e. The van der Waals surface area contributed by atoms with Crippen molar-refractivity contribution in [1.29, 1.82) is 0 Å². The second kappa shape index (κ2) is 9.96. The van der Waals surface area contributed by atoms with E-state index >= 15 is 0 Å². The molecule has 0 spiro atoms. The Labute approximate surface area is 198 Å². The lowest BCUT2D eigenvalue weighted by atomic mass is 9.72. The molecular formula is C27H27N3O2S. The Kier molecular flexibility index (Phi) is 6.84. The molecular weight excluding hydrogens is 430 g/mol. The smallest absolute Gasteiger partial charge is 0.257 e. The number of pyridine rings is 1. The summed E-state index contributed by atoms with van der Waals surface area (Å²) in [5, 5.41) is 5.26. The normalized spacial score (nSPS) is 12.2. The number of hydrogen-bond acceptors (Lipinski definition) is 5. The van der Waals surface area contributed by atoms with Crippen molar-refractivity contribution < 1.29 is 9.53 Å². The molecule has 4 rings (SSSR count). The minimum Gasteiger partial charge on any atom is -0.487 e. The molecule has 0 bridgehead atoms. The maximum Gasteiger partial charge on any atom is 0.257 e. The fourth-order valence-electron chi connectivity index (χ4n) is 3.87. The first-order chi connectivity index (χ1) is 15.9. The van der Waals surface area contributed by atoms with Gasteiger partial charge in [-0.05, 0) is 52.9 Å². The van der Waals surface area contributed by atoms with Gasteiger partial charge in [0.25, 0.3) is 5.91 Å². The highest BCUT2D eigenvalue weighted by molar-refractivity contribution is 7.13. The van der Waals surface area contributed by atoms with Gasteiger partial charge in [0, 0.05) is 29.3 Å². The maximum absolute atomic E-state index is 12.5. The van der Waals surface area contributed by atoms with Crippen molar-refractivity contribution in [3.05, 3.63) is 107 Å². The molecule has 0 aliphatic rings. The van der Waals surface area contributed by atoms with E-state index in [1.165, 1.54) is 16.9 Å². The summed E-state index contributed by atoms with van der Waals surface area (Å²) in [5.74, 6) is 0.822. The Hall–Kier alpha value is -3.51. The first-order valence-electron chi connectivity index (χ1n) is 10.8. The summed E-state index contributed by atoms with van der Waals surface area (Å²) in [6.45, 7) is 7.12. The molecule has 0 saturated carbocycles. The lowest BCUT2D eigenvalue weighted by Crippen LogP contribution is -2.20. The third-order valence-corrected chi connectivity index (χ3v) is 6.04. The Balaban J connectivity index is 1.49. The predicted octanol–water partition coefficient (Wildman–Crippen LogP) is 6.55. The topological polar surface area (TPSA) is 64.1 Å². The van der Waals surface area contributed by atoms with Crippen LogP contribution >= 0.6 is 11.3 Å². The molecule has 0 radical (unpaired) electrons. The van der Waals surface area contributed by atoms with Crippen LogP contribution in [0, 0.1) is 5.41 Å². The third kappa shape index (κ3) is 5.84. The molecule has 5 nitrogen and oxygen atoms in total. The number of ether oxygens (including phenoxy) is 1. The van der Waals surface area contributed by atoms with E-state index in [0.717, 1.165) is 17.0 Å². The zero-order chi connectivity index (χ0) is 23.3. The minimum absolute atomic E-state index is 0.0129. The van der Waals surface area contributed by atoms with E-state index in [-0.39, 0.29) is 17.2 Å². The number of amides is 1. The van der Waals surface area contributed by atoms with Crippen LogP contribution in [0.2, 0.25) is 0 Å². The number of benzene rings is 2. The van der Waals surface area contributed by atoms with Crippen LogP contribution in [-0.2, 0) is 6.61 Å². The number of thiazole rings is 1. The van der Waals surface area contributed by atoms with Crippen molar-refractivity contribution in [2.24, 2.45) is 5.41 Å². The number of nitrogens with one attached hydrogen (secondary N) is 1. The number of carbonyl (C=O) groups is 1. The average Bonchev–Trinajstić information content (AvgIpc) is 3.32. The number of anilines is 1. The van der Waals surface area contributed by atoms with E-state index < -0.39 is 0 Å². The van der Waals surface area contributed by atoms with Crippen molar-refractivity contribution in [3.63, 3.8) is 0 Å². The molecule has 0 fully saturated rings. The number of rotatable bonds is 7. The van der Waals surface area contributed by atoms with E-state index in [9.17, 15) is 4.79 Å². The fourth-order valence-corrected chi connectivity index (χ4v) is 4.40. The molecule has 2 heterocycles. The molecule has 0 aliphatic carbocycles. The van der Waals surface area contributed by atoms with Gasteiger partial charge < -0.3 is 4.74 Å². The minimum atomic E-state index is -0.154. The van der Waals surface area contributed by atoms with Crippen molar-refractivity contribution in [3.8, 4) is 5.75 Å². The Morgan fingerprint density at radius 3 is 2.21 bits per heavy atom. The quantitative estimate of drug-likeness (QED) is 0.342. The van der Waals surface area contributed by atoms with Gasteiger partial charge in [0.1, 0.15) is 12.4 Å². The molecule has 0 saturated heterocycles. The lowest BCUT2D eigenvalue weighted by molar-refractivity contribution is 0.102. The van der Waals surface area contributed by atoms with E-state index in [1.54, 1.807) is 12.4 Å². The average molecular weight is 458 g/mol. The van der Waals surface area contributed by atoms with Gasteiger partial charge in [-0.1, -0.05) is 51.1 Å². The summed E-state index contributed by atoms with van der Waals surface area (Å²) in [7, 11) is 0. The highest BCUT2D eigenvalue weighted by Crippen LogP contribution is 2.41. The summed E-state index contributed by atoms with van der Waals surface area (Å²) in [6, 6.07) is 21.9. The summed E-state index contributed by atoms with van der Waals surface area (Å²) in [6.07, 6.45) is 3.44. The highest BCUT2D eigenvalue weighted by atomic mass is 32.1. The first kappa shape index (κ1) is 22.7. The van der Waals surface area contributed by atoms with Crippen molar-refractivity contribution >= 4 is 22.4 Å². The van der Waals surface area contributed by atoms with E-state index in [1.807, 2.05) is 60.0 Å². The summed E-state index contributed by atoms with van der Waals surface area (Å²) >= 11 is 1.40. The summed E-state index contributed by atoms with van der Waals surface area (Å²) < 4.78 is 5.89. The van der Waals surface area contributed by atoms with Gasteiger partial charge in [0.15, 0.2) is 5.13 Å². The van der Waals surface area contributed by atoms with Gasteiger partial charge >= 0.3 is 0 Å². The second-order valence-corrected chi connectivity index (χ2v) is 9.79. The first-order valence-corrected chi connectivity index (χ1v) is 11.7. The van der Waals surface area contributed by atoms with E-state index in [0.29, 0.717) is 17.3 Å². The molecule has 0 aliphatic heterocycles. The Bertz CT molecular complexity index is 1170. The van der Waals surface area contributed by atoms with Gasteiger partial charge in [-0.25, -0.2) is 4.98 Å². The maximum atomic E-state index is 12.5. The van der Waals surface area contributed by atoms with Crippen LogP contribution in [-0.4, -0.2) is 15.9 Å². The van der Waals surface area contributed by atoms with Gasteiger partial charge in [-0.3, -0.25) is 15.1 Å². The Morgan fingerprint density at radius 1 is 0.939 bits per heavy atom. The van der Waals surface area contributed by atoms with Gasteiger partial charge in [-0.15, -0.1) is 11.3 Å². The molecule has 6 heteroatoms. The summed E-state index contributed by atoms with van der Waals surface area (Å²) in [4.78, 5) is 20.9. The molecule has 1 amide bonds. The van der Waals surface area contributed by atoms with E-state index in [4.69, 9.17) is 4.74 Å². The highest BCUT2D eigenvalue weighted by Gasteiger charge is 2.28. The zero-order valence-corrected chi connectivity index (χ0v) is 19.8. The number of aromatic nitrogens is 2. The SMILES string of the molecule is CC(C)(C)C(c1ccc(OCc2ccccn2)cc1)c1ccc(C(=O)Nc2nccs2)cc1. The number of nitrogens with zero attached hydrogens (tertiary/aromatic N) is 2. The molecule has 33 heavy (non-hydrogen) atoms. The van der Waals surface area contributed by atoms with Crippen molar-refractivity contribution in [1.82, 2.24) is 9.97 Å². The van der Waals surface area contributed by atoms with Crippen LogP contribution in [0.1, 0.15) is 53.9 Å². The van der Waals surface area contributed by atoms with Crippen LogP contribution < -0.4 is 10.1 Å². The monoisotopic (exact) mass is 457 g/mol. The molecule has 168 valence electrons.